The van der Waals surface area contributed by atoms with E-state index < -0.39 is 11.9 Å². The minimum Gasteiger partial charge on any atom is -0.493 e. The molecule has 0 spiro atoms. The van der Waals surface area contributed by atoms with E-state index in [0.29, 0.717) is 34.5 Å². The molecular weight excluding hydrogens is 393 g/mol. The highest BCUT2D eigenvalue weighted by molar-refractivity contribution is 6.35. The van der Waals surface area contributed by atoms with Crippen LogP contribution in [0.4, 0.5) is 0 Å². The number of nitrogens with one attached hydrogen (secondary N) is 1. The quantitative estimate of drug-likeness (QED) is 0.640. The van der Waals surface area contributed by atoms with Gasteiger partial charge in [0.1, 0.15) is 0 Å². The number of rotatable bonds is 9. The monoisotopic (exact) mass is 411 g/mol. The summed E-state index contributed by atoms with van der Waals surface area (Å²) in [4.78, 5) is 23.4. The van der Waals surface area contributed by atoms with Gasteiger partial charge in [0.2, 0.25) is 0 Å². The second-order valence-electron chi connectivity index (χ2n) is 5.44. The van der Waals surface area contributed by atoms with Gasteiger partial charge < -0.3 is 19.5 Å². The van der Waals surface area contributed by atoms with Gasteiger partial charge in [-0.05, 0) is 36.2 Å². The summed E-state index contributed by atoms with van der Waals surface area (Å²) < 4.78 is 15.3. The van der Waals surface area contributed by atoms with Crippen LogP contribution in [0.15, 0.2) is 42.5 Å². The van der Waals surface area contributed by atoms with E-state index in [4.69, 9.17) is 37.4 Å². The molecule has 0 aromatic heterocycles. The van der Waals surface area contributed by atoms with Crippen LogP contribution < -0.4 is 14.8 Å². The summed E-state index contributed by atoms with van der Waals surface area (Å²) in [6.07, 6.45) is 0.534. The second-order valence-corrected chi connectivity index (χ2v) is 6.28. The van der Waals surface area contributed by atoms with E-state index in [1.165, 1.54) is 7.11 Å². The molecule has 8 heteroatoms. The van der Waals surface area contributed by atoms with Crippen molar-refractivity contribution in [1.82, 2.24) is 5.32 Å². The van der Waals surface area contributed by atoms with Crippen molar-refractivity contribution in [2.45, 2.75) is 6.42 Å². The van der Waals surface area contributed by atoms with E-state index in [2.05, 4.69) is 5.32 Å². The molecule has 2 rings (SSSR count). The first-order chi connectivity index (χ1) is 13.0. The van der Waals surface area contributed by atoms with Crippen molar-refractivity contribution in [2.75, 3.05) is 26.9 Å². The van der Waals surface area contributed by atoms with Crippen molar-refractivity contribution >= 4 is 35.1 Å². The number of hydrogen-bond acceptors (Lipinski definition) is 5. The highest BCUT2D eigenvalue weighted by Gasteiger charge is 2.10. The fourth-order valence-corrected chi connectivity index (χ4v) is 2.68. The minimum absolute atomic E-state index is 0.325. The van der Waals surface area contributed by atoms with Crippen molar-refractivity contribution in [2.24, 2.45) is 0 Å². The van der Waals surface area contributed by atoms with Gasteiger partial charge in [-0.3, -0.25) is 4.79 Å². The molecule has 0 radical (unpaired) electrons. The fraction of sp³-hybridized carbons (Fsp3) is 0.263. The lowest BCUT2D eigenvalue weighted by Crippen LogP contribution is -2.31. The van der Waals surface area contributed by atoms with E-state index in [-0.39, 0.29) is 13.2 Å². The molecule has 0 atom stereocenters. The average molecular weight is 412 g/mol. The molecule has 0 unspecified atom stereocenters. The highest BCUT2D eigenvalue weighted by Crippen LogP contribution is 2.25. The summed E-state index contributed by atoms with van der Waals surface area (Å²) in [7, 11) is 1.50. The summed E-state index contributed by atoms with van der Waals surface area (Å²) >= 11 is 11.9. The van der Waals surface area contributed by atoms with Crippen molar-refractivity contribution in [3.05, 3.63) is 58.1 Å². The van der Waals surface area contributed by atoms with Crippen LogP contribution in [-0.4, -0.2) is 38.7 Å². The van der Waals surface area contributed by atoms with Gasteiger partial charge in [-0.15, -0.1) is 0 Å². The third kappa shape index (κ3) is 7.00. The topological polar surface area (TPSA) is 73.9 Å². The maximum absolute atomic E-state index is 11.7. The molecule has 144 valence electrons. The Morgan fingerprint density at radius 3 is 2.48 bits per heavy atom. The van der Waals surface area contributed by atoms with E-state index in [0.717, 1.165) is 5.56 Å². The number of benzene rings is 2. The first-order valence-corrected chi connectivity index (χ1v) is 8.87. The molecular formula is C19H19Cl2NO5. The number of carbonyl (C=O) groups is 2. The summed E-state index contributed by atoms with van der Waals surface area (Å²) in [5.74, 6) is -0.146. The molecule has 1 N–H and O–H groups in total. The lowest BCUT2D eigenvalue weighted by atomic mass is 10.1. The van der Waals surface area contributed by atoms with Crippen molar-refractivity contribution in [3.8, 4) is 11.5 Å². The molecule has 0 fully saturated rings. The third-order valence-corrected chi connectivity index (χ3v) is 4.10. The average Bonchev–Trinajstić information content (AvgIpc) is 2.66. The number of amides is 1. The summed E-state index contributed by atoms with van der Waals surface area (Å²) in [6, 6.07) is 12.1. The van der Waals surface area contributed by atoms with E-state index in [9.17, 15) is 9.59 Å². The van der Waals surface area contributed by atoms with Crippen LogP contribution in [0, 0.1) is 0 Å². The minimum atomic E-state index is -0.656. The number of hydrogen-bond donors (Lipinski definition) is 1. The molecule has 0 heterocycles. The van der Waals surface area contributed by atoms with Crippen LogP contribution in [0.1, 0.15) is 5.56 Å². The maximum Gasteiger partial charge on any atom is 0.344 e. The molecule has 0 aliphatic carbocycles. The predicted molar refractivity (Wildman–Crippen MR) is 103 cm³/mol. The molecule has 27 heavy (non-hydrogen) atoms. The zero-order chi connectivity index (χ0) is 19.6. The fourth-order valence-electron chi connectivity index (χ4n) is 2.17. The van der Waals surface area contributed by atoms with Crippen LogP contribution in [0.25, 0.3) is 0 Å². The lowest BCUT2D eigenvalue weighted by molar-refractivity contribution is -0.150. The van der Waals surface area contributed by atoms with Crippen LogP contribution in [0.3, 0.4) is 0 Å². The van der Waals surface area contributed by atoms with Crippen LogP contribution in [-0.2, 0) is 20.7 Å². The van der Waals surface area contributed by atoms with Crippen LogP contribution >= 0.6 is 23.2 Å². The molecule has 2 aromatic rings. The molecule has 2 aromatic carbocycles. The Balaban J connectivity index is 1.66. The molecule has 0 aliphatic rings. The molecule has 1 amide bonds. The summed E-state index contributed by atoms with van der Waals surface area (Å²) in [6.45, 7) is -0.355. The largest absolute Gasteiger partial charge is 0.493 e. The molecule has 6 nitrogen and oxygen atoms in total. The van der Waals surface area contributed by atoms with Gasteiger partial charge in [0.25, 0.3) is 5.91 Å². The van der Waals surface area contributed by atoms with Gasteiger partial charge in [-0.2, -0.15) is 0 Å². The smallest absolute Gasteiger partial charge is 0.344 e. The van der Waals surface area contributed by atoms with E-state index in [1.807, 2.05) is 0 Å². The number of carbonyl (C=O) groups excluding carboxylic acids is 2. The highest BCUT2D eigenvalue weighted by atomic mass is 35.5. The van der Waals surface area contributed by atoms with Crippen molar-refractivity contribution in [3.63, 3.8) is 0 Å². The second kappa shape index (κ2) is 10.6. The first-order valence-electron chi connectivity index (χ1n) is 8.11. The number of ether oxygens (including phenoxy) is 3. The Morgan fingerprint density at radius 2 is 1.78 bits per heavy atom. The van der Waals surface area contributed by atoms with Gasteiger partial charge in [0, 0.05) is 16.6 Å². The van der Waals surface area contributed by atoms with E-state index >= 15 is 0 Å². The zero-order valence-corrected chi connectivity index (χ0v) is 16.2. The Bertz CT molecular complexity index is 797. The van der Waals surface area contributed by atoms with Crippen LogP contribution in [0.5, 0.6) is 11.5 Å². The first kappa shape index (κ1) is 20.9. The molecule has 0 saturated carbocycles. The van der Waals surface area contributed by atoms with Gasteiger partial charge in [0.15, 0.2) is 24.7 Å². The van der Waals surface area contributed by atoms with Gasteiger partial charge in [-0.1, -0.05) is 41.4 Å². The lowest BCUT2D eigenvalue weighted by Gasteiger charge is -2.10. The standard InChI is InChI=1S/C19H19Cl2NO5/c1-25-16-4-2-3-5-17(16)26-12-19(24)27-11-18(23)22-9-8-13-6-7-14(20)10-15(13)21/h2-7,10H,8-9,11-12H2,1H3,(H,22,23). The zero-order valence-electron chi connectivity index (χ0n) is 14.7. The van der Waals surface area contributed by atoms with Gasteiger partial charge >= 0.3 is 5.97 Å². The van der Waals surface area contributed by atoms with Gasteiger partial charge in [-0.25, -0.2) is 4.79 Å². The summed E-state index contributed by atoms with van der Waals surface area (Å²) in [5.41, 5.74) is 0.864. The Morgan fingerprint density at radius 1 is 1.04 bits per heavy atom. The normalized spacial score (nSPS) is 10.2. The number of esters is 1. The Hall–Kier alpha value is -2.44. The third-order valence-electron chi connectivity index (χ3n) is 3.51. The number of halogens is 2. The van der Waals surface area contributed by atoms with E-state index in [1.54, 1.807) is 42.5 Å². The molecule has 0 saturated heterocycles. The number of methoxy groups -OCH3 is 1. The van der Waals surface area contributed by atoms with Crippen LogP contribution in [0.2, 0.25) is 10.0 Å². The van der Waals surface area contributed by atoms with Crippen molar-refractivity contribution < 1.29 is 23.8 Å². The number of para-hydroxylation sites is 2. The maximum atomic E-state index is 11.7. The Kier molecular flexibility index (Phi) is 8.23. The van der Waals surface area contributed by atoms with Gasteiger partial charge in [0.05, 0.1) is 7.11 Å². The summed E-state index contributed by atoms with van der Waals surface area (Å²) in [5, 5.41) is 3.74. The predicted octanol–water partition coefficient (Wildman–Crippen LogP) is 3.28. The molecule has 0 aliphatic heterocycles. The Labute approximate surface area is 167 Å². The van der Waals surface area contributed by atoms with Crippen molar-refractivity contribution in [1.29, 1.82) is 0 Å². The molecule has 0 bridgehead atoms. The SMILES string of the molecule is COc1ccccc1OCC(=O)OCC(=O)NCCc1ccc(Cl)cc1Cl.